The number of nitrogens with one attached hydrogen (secondary N) is 1. The lowest BCUT2D eigenvalue weighted by Crippen LogP contribution is -2.42. The number of carbonyl (C=O) groups excluding carboxylic acids is 1. The number of hydrogen-bond donors (Lipinski definition) is 2. The van der Waals surface area contributed by atoms with Crippen LogP contribution in [0.15, 0.2) is 97.1 Å². The third-order valence-corrected chi connectivity index (χ3v) is 6.84. The van der Waals surface area contributed by atoms with E-state index in [2.05, 4.69) is 17.4 Å². The molecule has 1 aliphatic carbocycles. The van der Waals surface area contributed by atoms with E-state index in [-0.39, 0.29) is 18.9 Å². The maximum absolute atomic E-state index is 12.7. The molecule has 0 spiro atoms. The average Bonchev–Trinajstić information content (AvgIpc) is 3.29. The third-order valence-electron chi connectivity index (χ3n) is 6.84. The number of methoxy groups -OCH3 is 1. The summed E-state index contributed by atoms with van der Waals surface area (Å²) in [6, 6.07) is 29.8. The van der Waals surface area contributed by atoms with Crippen LogP contribution in [0.4, 0.5) is 4.79 Å². The van der Waals surface area contributed by atoms with E-state index in [1.54, 1.807) is 25.3 Å². The molecule has 7 heteroatoms. The molecule has 0 heterocycles. The predicted octanol–water partition coefficient (Wildman–Crippen LogP) is 5.81. The predicted molar refractivity (Wildman–Crippen MR) is 147 cm³/mol. The molecular formula is C32H29NO6. The fourth-order valence-corrected chi connectivity index (χ4v) is 4.91. The van der Waals surface area contributed by atoms with E-state index in [4.69, 9.17) is 14.2 Å². The Bertz CT molecular complexity index is 1420. The molecule has 0 saturated carbocycles. The molecule has 2 N–H and O–H groups in total. The summed E-state index contributed by atoms with van der Waals surface area (Å²) in [6.07, 6.45) is -0.732. The molecule has 0 aliphatic heterocycles. The molecule has 0 radical (unpaired) electrons. The second kappa shape index (κ2) is 11.7. The van der Waals surface area contributed by atoms with E-state index in [0.29, 0.717) is 23.7 Å². The molecular weight excluding hydrogens is 494 g/mol. The van der Waals surface area contributed by atoms with Crippen molar-refractivity contribution >= 4 is 12.1 Å². The van der Waals surface area contributed by atoms with Gasteiger partial charge in [0.2, 0.25) is 0 Å². The van der Waals surface area contributed by atoms with Gasteiger partial charge in [0.05, 0.1) is 7.11 Å². The summed E-state index contributed by atoms with van der Waals surface area (Å²) in [6.45, 7) is 0.438. The van der Waals surface area contributed by atoms with Gasteiger partial charge in [0.15, 0.2) is 11.5 Å². The molecule has 0 saturated heterocycles. The highest BCUT2D eigenvalue weighted by atomic mass is 16.5. The summed E-state index contributed by atoms with van der Waals surface area (Å²) < 4.78 is 16.9. The fourth-order valence-electron chi connectivity index (χ4n) is 4.91. The number of carboxylic acids is 1. The zero-order valence-corrected chi connectivity index (χ0v) is 21.5. The minimum atomic E-state index is -1.18. The van der Waals surface area contributed by atoms with Gasteiger partial charge in [-0.3, -0.25) is 0 Å². The van der Waals surface area contributed by atoms with Crippen molar-refractivity contribution in [2.24, 2.45) is 0 Å². The Hall–Kier alpha value is -4.78. The molecule has 1 unspecified atom stereocenters. The maximum Gasteiger partial charge on any atom is 0.407 e. The van der Waals surface area contributed by atoms with Gasteiger partial charge in [0.25, 0.3) is 0 Å². The lowest BCUT2D eigenvalue weighted by molar-refractivity contribution is -0.139. The molecule has 4 aromatic rings. The van der Waals surface area contributed by atoms with Crippen molar-refractivity contribution in [3.05, 3.63) is 119 Å². The summed E-state index contributed by atoms with van der Waals surface area (Å²) in [5, 5.41) is 12.3. The molecule has 39 heavy (non-hydrogen) atoms. The first kappa shape index (κ1) is 25.9. The van der Waals surface area contributed by atoms with Crippen LogP contribution in [0.25, 0.3) is 11.1 Å². The number of benzene rings is 4. The van der Waals surface area contributed by atoms with Crippen molar-refractivity contribution in [1.82, 2.24) is 5.32 Å². The van der Waals surface area contributed by atoms with Crippen LogP contribution >= 0.6 is 0 Å². The zero-order valence-electron chi connectivity index (χ0n) is 21.5. The zero-order chi connectivity index (χ0) is 27.2. The summed E-state index contributed by atoms with van der Waals surface area (Å²) in [5.74, 6) is -0.251. The van der Waals surface area contributed by atoms with Gasteiger partial charge in [-0.1, -0.05) is 84.9 Å². The lowest BCUT2D eigenvalue weighted by Gasteiger charge is -2.18. The first-order valence-electron chi connectivity index (χ1n) is 12.7. The number of rotatable bonds is 10. The number of amides is 1. The normalized spacial score (nSPS) is 12.6. The van der Waals surface area contributed by atoms with Crippen LogP contribution in [-0.2, 0) is 22.6 Å². The van der Waals surface area contributed by atoms with Gasteiger partial charge in [-0.25, -0.2) is 9.59 Å². The van der Waals surface area contributed by atoms with E-state index in [1.807, 2.05) is 66.7 Å². The van der Waals surface area contributed by atoms with E-state index in [0.717, 1.165) is 27.8 Å². The topological polar surface area (TPSA) is 94.1 Å². The maximum atomic E-state index is 12.7. The highest BCUT2D eigenvalue weighted by Crippen LogP contribution is 2.44. The Labute approximate surface area is 227 Å². The number of carboxylic acid groups (broad SMARTS) is 1. The fraction of sp³-hybridized carbons (Fsp3) is 0.188. The van der Waals surface area contributed by atoms with Gasteiger partial charge in [0.1, 0.15) is 19.3 Å². The Morgan fingerprint density at radius 2 is 1.46 bits per heavy atom. The average molecular weight is 524 g/mol. The molecule has 7 nitrogen and oxygen atoms in total. The van der Waals surface area contributed by atoms with Gasteiger partial charge in [-0.15, -0.1) is 0 Å². The molecule has 0 fully saturated rings. The number of aliphatic carboxylic acids is 1. The van der Waals surface area contributed by atoms with Crippen molar-refractivity contribution < 1.29 is 28.9 Å². The first-order valence-corrected chi connectivity index (χ1v) is 12.7. The Kier molecular flexibility index (Phi) is 7.78. The van der Waals surface area contributed by atoms with Crippen LogP contribution in [0.3, 0.4) is 0 Å². The van der Waals surface area contributed by atoms with Crippen LogP contribution in [0.5, 0.6) is 11.5 Å². The molecule has 198 valence electrons. The largest absolute Gasteiger partial charge is 0.493 e. The number of hydrogen-bond acceptors (Lipinski definition) is 5. The second-order valence-electron chi connectivity index (χ2n) is 9.32. The third kappa shape index (κ3) is 5.88. The standard InChI is InChI=1S/C32H29NO6/c1-37-29-16-15-22(18-30(29)38-19-21-9-3-2-4-10-21)17-28(31(34)35)33-32(36)39-20-27-25-13-7-5-11-23(25)24-12-6-8-14-26(24)27/h2-16,18,27-28H,17,19-20H2,1H3,(H,33,36)(H,34,35). The molecule has 5 rings (SSSR count). The first-order chi connectivity index (χ1) is 19.0. The SMILES string of the molecule is COc1ccc(CC(NC(=O)OCC2c3ccccc3-c3ccccc32)C(=O)O)cc1OCc1ccccc1. The van der Waals surface area contributed by atoms with Gasteiger partial charge in [-0.05, 0) is 45.5 Å². The molecule has 0 aromatic heterocycles. The van der Waals surface area contributed by atoms with Gasteiger partial charge in [-0.2, -0.15) is 0 Å². The van der Waals surface area contributed by atoms with Crippen LogP contribution < -0.4 is 14.8 Å². The van der Waals surface area contributed by atoms with E-state index < -0.39 is 18.1 Å². The van der Waals surface area contributed by atoms with Gasteiger partial charge < -0.3 is 24.6 Å². The summed E-state index contributed by atoms with van der Waals surface area (Å²) in [5.41, 5.74) is 6.08. The number of alkyl carbamates (subject to hydrolysis) is 1. The number of ether oxygens (including phenoxy) is 3. The van der Waals surface area contributed by atoms with Crippen LogP contribution in [0.1, 0.15) is 28.2 Å². The highest BCUT2D eigenvalue weighted by molar-refractivity contribution is 5.81. The quantitative estimate of drug-likeness (QED) is 0.273. The summed E-state index contributed by atoms with van der Waals surface area (Å²) in [4.78, 5) is 24.7. The molecule has 1 amide bonds. The van der Waals surface area contributed by atoms with E-state index >= 15 is 0 Å². The summed E-state index contributed by atoms with van der Waals surface area (Å²) in [7, 11) is 1.54. The molecule has 0 bridgehead atoms. The Morgan fingerprint density at radius 1 is 0.821 bits per heavy atom. The second-order valence-corrected chi connectivity index (χ2v) is 9.32. The minimum absolute atomic E-state index is 0.0468. The lowest BCUT2D eigenvalue weighted by atomic mass is 9.98. The van der Waals surface area contributed by atoms with E-state index in [1.165, 1.54) is 0 Å². The molecule has 1 aliphatic rings. The number of carbonyl (C=O) groups is 2. The van der Waals surface area contributed by atoms with Crippen LogP contribution in [-0.4, -0.2) is 36.9 Å². The monoisotopic (exact) mass is 523 g/mol. The summed E-state index contributed by atoms with van der Waals surface area (Å²) >= 11 is 0. The van der Waals surface area contributed by atoms with E-state index in [9.17, 15) is 14.7 Å². The molecule has 4 aromatic carbocycles. The van der Waals surface area contributed by atoms with Crippen molar-refractivity contribution in [2.75, 3.05) is 13.7 Å². The van der Waals surface area contributed by atoms with Crippen molar-refractivity contribution in [2.45, 2.75) is 25.0 Å². The smallest absolute Gasteiger partial charge is 0.407 e. The Morgan fingerprint density at radius 3 is 2.10 bits per heavy atom. The number of fused-ring (bicyclic) bond motifs is 3. The van der Waals surface area contributed by atoms with Crippen molar-refractivity contribution in [3.63, 3.8) is 0 Å². The van der Waals surface area contributed by atoms with Crippen molar-refractivity contribution in [3.8, 4) is 22.6 Å². The van der Waals surface area contributed by atoms with Crippen LogP contribution in [0.2, 0.25) is 0 Å². The van der Waals surface area contributed by atoms with Gasteiger partial charge >= 0.3 is 12.1 Å². The molecule has 1 atom stereocenters. The highest BCUT2D eigenvalue weighted by Gasteiger charge is 2.30. The minimum Gasteiger partial charge on any atom is -0.493 e. The Balaban J connectivity index is 1.23. The van der Waals surface area contributed by atoms with Crippen LogP contribution in [0, 0.1) is 0 Å². The van der Waals surface area contributed by atoms with Crippen molar-refractivity contribution in [1.29, 1.82) is 0 Å². The van der Waals surface area contributed by atoms with Gasteiger partial charge in [0, 0.05) is 12.3 Å².